The molecule has 7 nitrogen and oxygen atoms in total. The van der Waals surface area contributed by atoms with Crippen LogP contribution in [0.2, 0.25) is 0 Å². The summed E-state index contributed by atoms with van der Waals surface area (Å²) in [5.74, 6) is 2.60. The van der Waals surface area contributed by atoms with Crippen LogP contribution < -0.4 is 14.2 Å². The van der Waals surface area contributed by atoms with Gasteiger partial charge in [0.1, 0.15) is 29.5 Å². The maximum Gasteiger partial charge on any atom is 0.119 e. The molecule has 0 N–H and O–H groups in total. The molecule has 0 saturated carbocycles. The van der Waals surface area contributed by atoms with E-state index in [4.69, 9.17) is 23.7 Å². The molecular formula is C37H43BrN2O5. The fourth-order valence-corrected chi connectivity index (χ4v) is 6.16. The van der Waals surface area contributed by atoms with Crippen molar-refractivity contribution in [2.75, 3.05) is 61.7 Å². The van der Waals surface area contributed by atoms with Crippen LogP contribution >= 0.6 is 15.9 Å². The molecule has 45 heavy (non-hydrogen) atoms. The molecule has 0 spiro atoms. The summed E-state index contributed by atoms with van der Waals surface area (Å²) in [4.78, 5) is 4.55. The van der Waals surface area contributed by atoms with E-state index in [2.05, 4.69) is 94.4 Å². The van der Waals surface area contributed by atoms with Crippen molar-refractivity contribution in [1.29, 1.82) is 0 Å². The topological polar surface area (TPSA) is 52.6 Å². The molecule has 0 saturated heterocycles. The van der Waals surface area contributed by atoms with E-state index in [1.165, 1.54) is 22.3 Å². The van der Waals surface area contributed by atoms with Crippen molar-refractivity contribution in [3.05, 3.63) is 123 Å². The first kappa shape index (κ1) is 33.0. The van der Waals surface area contributed by atoms with Gasteiger partial charge in [-0.05, 0) is 96.0 Å². The highest BCUT2D eigenvalue weighted by Gasteiger charge is 2.23. The Balaban J connectivity index is 0.000000178. The third kappa shape index (κ3) is 8.45. The monoisotopic (exact) mass is 674 g/mol. The van der Waals surface area contributed by atoms with Gasteiger partial charge >= 0.3 is 0 Å². The maximum atomic E-state index is 6.19. The zero-order valence-corrected chi connectivity index (χ0v) is 28.4. The van der Waals surface area contributed by atoms with Crippen LogP contribution in [0.5, 0.6) is 17.2 Å². The molecule has 0 aliphatic carbocycles. The molecule has 0 radical (unpaired) electrons. The Morgan fingerprint density at radius 2 is 1.00 bits per heavy atom. The van der Waals surface area contributed by atoms with E-state index in [-0.39, 0.29) is 12.2 Å². The lowest BCUT2D eigenvalue weighted by atomic mass is 9.95. The summed E-state index contributed by atoms with van der Waals surface area (Å²) in [6, 6.07) is 28.9. The number of hydrogen-bond acceptors (Lipinski definition) is 7. The second-order valence-electron chi connectivity index (χ2n) is 11.4. The van der Waals surface area contributed by atoms with E-state index >= 15 is 0 Å². The first-order chi connectivity index (χ1) is 21.9. The summed E-state index contributed by atoms with van der Waals surface area (Å²) >= 11 is 3.57. The van der Waals surface area contributed by atoms with Crippen LogP contribution in [0.3, 0.4) is 0 Å². The lowest BCUT2D eigenvalue weighted by molar-refractivity contribution is 0.0552. The molecule has 0 amide bonds. The van der Waals surface area contributed by atoms with Crippen molar-refractivity contribution in [2.45, 2.75) is 25.3 Å². The van der Waals surface area contributed by atoms with Crippen molar-refractivity contribution >= 4 is 15.9 Å². The van der Waals surface area contributed by atoms with Gasteiger partial charge in [-0.15, -0.1) is 0 Å². The Labute approximate surface area is 275 Å². The molecule has 2 aliphatic heterocycles. The van der Waals surface area contributed by atoms with Gasteiger partial charge in [-0.2, -0.15) is 0 Å². The van der Waals surface area contributed by atoms with Crippen LogP contribution in [0.1, 0.15) is 45.6 Å². The van der Waals surface area contributed by atoms with E-state index in [0.29, 0.717) is 6.61 Å². The minimum absolute atomic E-state index is 0.0253. The van der Waals surface area contributed by atoms with Crippen molar-refractivity contribution in [3.63, 3.8) is 0 Å². The smallest absolute Gasteiger partial charge is 0.119 e. The predicted octanol–water partition coefficient (Wildman–Crippen LogP) is 7.26. The number of halogens is 1. The van der Waals surface area contributed by atoms with Crippen LogP contribution in [-0.2, 0) is 22.6 Å². The average molecular weight is 676 g/mol. The molecule has 8 heteroatoms. The lowest BCUT2D eigenvalue weighted by Gasteiger charge is -2.28. The number of methoxy groups -OCH3 is 3. The van der Waals surface area contributed by atoms with Crippen molar-refractivity contribution < 1.29 is 23.7 Å². The van der Waals surface area contributed by atoms with E-state index in [0.717, 1.165) is 65.6 Å². The maximum absolute atomic E-state index is 6.19. The van der Waals surface area contributed by atoms with E-state index < -0.39 is 0 Å². The van der Waals surface area contributed by atoms with Gasteiger partial charge in [0.05, 0.1) is 34.5 Å². The Morgan fingerprint density at radius 1 is 0.578 bits per heavy atom. The van der Waals surface area contributed by atoms with Gasteiger partial charge in [0, 0.05) is 30.7 Å². The summed E-state index contributed by atoms with van der Waals surface area (Å²) in [5, 5.41) is 0. The molecule has 4 aromatic rings. The number of fused-ring (bicyclic) bond motifs is 2. The summed E-state index contributed by atoms with van der Waals surface area (Å²) < 4.78 is 29.4. The molecule has 0 fully saturated rings. The van der Waals surface area contributed by atoms with Crippen LogP contribution in [0, 0.1) is 0 Å². The Kier molecular flexibility index (Phi) is 11.5. The fraction of sp³-hybridized carbons (Fsp3) is 0.351. The second kappa shape index (κ2) is 15.7. The Bertz CT molecular complexity index is 1530. The Morgan fingerprint density at radius 3 is 1.47 bits per heavy atom. The molecule has 2 heterocycles. The third-order valence-corrected chi connectivity index (χ3v) is 8.75. The molecule has 0 aromatic heterocycles. The van der Waals surface area contributed by atoms with Gasteiger partial charge in [0.15, 0.2) is 0 Å². The summed E-state index contributed by atoms with van der Waals surface area (Å²) in [6.45, 7) is 5.09. The molecule has 2 unspecified atom stereocenters. The zero-order valence-electron chi connectivity index (χ0n) is 26.8. The number of benzene rings is 4. The van der Waals surface area contributed by atoms with Gasteiger partial charge in [0.2, 0.25) is 0 Å². The minimum atomic E-state index is -0.0597. The summed E-state index contributed by atoms with van der Waals surface area (Å²) in [7, 11) is 9.30. The van der Waals surface area contributed by atoms with Crippen molar-refractivity contribution in [3.8, 4) is 17.2 Å². The van der Waals surface area contributed by atoms with E-state index in [1.54, 1.807) is 21.3 Å². The number of likely N-dealkylation sites (N-methyl/N-ethyl adjacent to an activating group) is 2. The molecule has 2 aliphatic rings. The number of rotatable bonds is 5. The summed E-state index contributed by atoms with van der Waals surface area (Å²) in [6.07, 6.45) is -0.0850. The quantitative estimate of drug-likeness (QED) is 0.221. The highest BCUT2D eigenvalue weighted by atomic mass is 79.9. The molecule has 238 valence electrons. The van der Waals surface area contributed by atoms with Crippen LogP contribution in [0.25, 0.3) is 0 Å². The minimum Gasteiger partial charge on any atom is -0.497 e. The van der Waals surface area contributed by atoms with E-state index in [9.17, 15) is 0 Å². The van der Waals surface area contributed by atoms with Gasteiger partial charge < -0.3 is 23.7 Å². The van der Waals surface area contributed by atoms with Crippen LogP contribution in [0.15, 0.2) is 89.4 Å². The highest BCUT2D eigenvalue weighted by Crippen LogP contribution is 2.35. The predicted molar refractivity (Wildman–Crippen MR) is 181 cm³/mol. The molecule has 6 rings (SSSR count). The van der Waals surface area contributed by atoms with Crippen LogP contribution in [0.4, 0.5) is 0 Å². The second-order valence-corrected chi connectivity index (χ2v) is 12.3. The van der Waals surface area contributed by atoms with Gasteiger partial charge in [-0.3, -0.25) is 9.80 Å². The van der Waals surface area contributed by atoms with Gasteiger partial charge in [-0.1, -0.05) is 52.3 Å². The normalized spacial score (nSPS) is 18.9. The molecule has 2 atom stereocenters. The number of hydrogen-bond donors (Lipinski definition) is 0. The van der Waals surface area contributed by atoms with Crippen LogP contribution in [-0.4, -0.2) is 71.5 Å². The standard InChI is InChI=1S/C19H23NO3.C18H20BrNO2/c1-20-10-11-23-19(14-4-6-16(21-2)7-5-14)18-9-8-17(22-3)12-15(18)13-20;1-20-9-10-22-18(13-3-6-16(21-2)7-4-13)17-8-5-15(19)11-14(17)12-20/h4-9,12,19H,10-11,13H2,1-3H3;3-8,11,18H,9-10,12H2,1-2H3. The number of ether oxygens (including phenoxy) is 5. The highest BCUT2D eigenvalue weighted by molar-refractivity contribution is 9.10. The first-order valence-corrected chi connectivity index (χ1v) is 16.0. The first-order valence-electron chi connectivity index (χ1n) is 15.2. The average Bonchev–Trinajstić information content (AvgIpc) is 3.04. The van der Waals surface area contributed by atoms with E-state index in [1.807, 2.05) is 30.3 Å². The number of nitrogens with zero attached hydrogens (tertiary/aromatic N) is 2. The largest absolute Gasteiger partial charge is 0.497 e. The van der Waals surface area contributed by atoms with Crippen molar-refractivity contribution in [1.82, 2.24) is 9.80 Å². The third-order valence-electron chi connectivity index (χ3n) is 8.25. The van der Waals surface area contributed by atoms with Gasteiger partial charge in [-0.25, -0.2) is 0 Å². The van der Waals surface area contributed by atoms with Gasteiger partial charge in [0.25, 0.3) is 0 Å². The molecule has 4 aromatic carbocycles. The Hall–Kier alpha value is -3.40. The SMILES string of the molecule is COc1ccc(C2OCCN(C)Cc3cc(Br)ccc32)cc1.COc1ccc(C2OCCN(C)Cc3cc(OC)ccc32)cc1. The fourth-order valence-electron chi connectivity index (χ4n) is 5.75. The van der Waals surface area contributed by atoms with Crippen molar-refractivity contribution in [2.24, 2.45) is 0 Å². The lowest BCUT2D eigenvalue weighted by Crippen LogP contribution is -2.27. The zero-order chi connectivity index (χ0) is 31.8. The molecular weight excluding hydrogens is 632 g/mol. The molecule has 0 bridgehead atoms. The summed E-state index contributed by atoms with van der Waals surface area (Å²) in [5.41, 5.74) is 7.28.